The standard InChI is InChI=1S/C28H24BrClN2O6/c1-3-36-24-16-18(15-22(29)25(24)38-13-12-37-23-7-5-4-6-17(23)2)14-21-26(33)31-28(35)32(27(21)34)20-10-8-19(30)9-11-20/h4-11,14-16H,3,12-13H2,1-2H3,(H,31,33,35). The van der Waals surface area contributed by atoms with E-state index in [9.17, 15) is 14.4 Å². The maximum atomic E-state index is 13.2. The Morgan fingerprint density at radius 3 is 2.37 bits per heavy atom. The first kappa shape index (κ1) is 27.2. The van der Waals surface area contributed by atoms with Crippen LogP contribution in [0.3, 0.4) is 0 Å². The molecule has 38 heavy (non-hydrogen) atoms. The molecule has 10 heteroatoms. The fourth-order valence-electron chi connectivity index (χ4n) is 3.74. The zero-order valence-corrected chi connectivity index (χ0v) is 23.0. The van der Waals surface area contributed by atoms with E-state index < -0.39 is 17.8 Å². The lowest BCUT2D eigenvalue weighted by Gasteiger charge is -2.26. The quantitative estimate of drug-likeness (QED) is 0.186. The number of nitrogens with zero attached hydrogens (tertiary/aromatic N) is 1. The highest BCUT2D eigenvalue weighted by Gasteiger charge is 2.36. The minimum absolute atomic E-state index is 0.214. The molecule has 3 aromatic carbocycles. The number of urea groups is 1. The van der Waals surface area contributed by atoms with Crippen LogP contribution >= 0.6 is 27.5 Å². The average Bonchev–Trinajstić information content (AvgIpc) is 2.88. The molecular formula is C28H24BrClN2O6. The number of nitrogens with one attached hydrogen (secondary N) is 1. The van der Waals surface area contributed by atoms with Crippen molar-refractivity contribution < 1.29 is 28.6 Å². The van der Waals surface area contributed by atoms with Crippen LogP contribution in [0, 0.1) is 6.92 Å². The van der Waals surface area contributed by atoms with Gasteiger partial charge in [-0.25, -0.2) is 9.69 Å². The number of para-hydroxylation sites is 1. The molecule has 1 heterocycles. The molecule has 1 fully saturated rings. The summed E-state index contributed by atoms with van der Waals surface area (Å²) in [6, 6.07) is 16.4. The van der Waals surface area contributed by atoms with Crippen LogP contribution in [0.4, 0.5) is 10.5 Å². The van der Waals surface area contributed by atoms with Gasteiger partial charge >= 0.3 is 6.03 Å². The maximum Gasteiger partial charge on any atom is 0.335 e. The summed E-state index contributed by atoms with van der Waals surface area (Å²) >= 11 is 9.42. The first-order valence-corrected chi connectivity index (χ1v) is 12.9. The molecule has 4 rings (SSSR count). The summed E-state index contributed by atoms with van der Waals surface area (Å²) in [5, 5.41) is 2.65. The molecule has 1 aliphatic heterocycles. The highest BCUT2D eigenvalue weighted by molar-refractivity contribution is 9.10. The minimum Gasteiger partial charge on any atom is -0.490 e. The zero-order chi connectivity index (χ0) is 27.2. The van der Waals surface area contributed by atoms with E-state index in [0.29, 0.717) is 39.8 Å². The number of halogens is 2. The number of amides is 4. The molecule has 0 aliphatic carbocycles. The second kappa shape index (κ2) is 12.1. The SMILES string of the molecule is CCOc1cc(C=C2C(=O)NC(=O)N(c3ccc(Cl)cc3)C2=O)cc(Br)c1OCCOc1ccccc1C. The summed E-state index contributed by atoms with van der Waals surface area (Å²) < 4.78 is 18.1. The third kappa shape index (κ3) is 6.17. The lowest BCUT2D eigenvalue weighted by molar-refractivity contribution is -0.122. The molecule has 4 amide bonds. The van der Waals surface area contributed by atoms with Gasteiger partial charge in [-0.1, -0.05) is 29.8 Å². The first-order chi connectivity index (χ1) is 18.3. The van der Waals surface area contributed by atoms with Crippen molar-refractivity contribution in [1.82, 2.24) is 5.32 Å². The Bertz CT molecular complexity index is 1410. The molecule has 0 aromatic heterocycles. The molecule has 0 bridgehead atoms. The Balaban J connectivity index is 1.55. The summed E-state index contributed by atoms with van der Waals surface area (Å²) in [5.41, 5.74) is 1.59. The van der Waals surface area contributed by atoms with E-state index in [1.807, 2.05) is 38.1 Å². The fourth-order valence-corrected chi connectivity index (χ4v) is 4.44. The van der Waals surface area contributed by atoms with Crippen molar-refractivity contribution in [3.8, 4) is 17.2 Å². The number of hydrogen-bond donors (Lipinski definition) is 1. The van der Waals surface area contributed by atoms with Crippen molar-refractivity contribution in [1.29, 1.82) is 0 Å². The van der Waals surface area contributed by atoms with E-state index in [2.05, 4.69) is 21.2 Å². The third-order valence-corrected chi connectivity index (χ3v) is 6.35. The number of imide groups is 2. The van der Waals surface area contributed by atoms with Gasteiger partial charge in [-0.05, 0) is 89.4 Å². The van der Waals surface area contributed by atoms with E-state index in [1.54, 1.807) is 24.3 Å². The first-order valence-electron chi connectivity index (χ1n) is 11.7. The van der Waals surface area contributed by atoms with Crippen LogP contribution in [0.5, 0.6) is 17.2 Å². The summed E-state index contributed by atoms with van der Waals surface area (Å²) in [7, 11) is 0. The zero-order valence-electron chi connectivity index (χ0n) is 20.6. The summed E-state index contributed by atoms with van der Waals surface area (Å²) in [6.45, 7) is 4.73. The van der Waals surface area contributed by atoms with Crippen molar-refractivity contribution in [3.05, 3.63) is 86.9 Å². The highest BCUT2D eigenvalue weighted by atomic mass is 79.9. The van der Waals surface area contributed by atoms with Crippen LogP contribution in [0.25, 0.3) is 6.08 Å². The molecule has 0 radical (unpaired) electrons. The predicted molar refractivity (Wildman–Crippen MR) is 148 cm³/mol. The Morgan fingerprint density at radius 2 is 1.66 bits per heavy atom. The molecule has 0 spiro atoms. The Hall–Kier alpha value is -3.82. The molecule has 196 valence electrons. The average molecular weight is 600 g/mol. The van der Waals surface area contributed by atoms with Gasteiger partial charge in [0.15, 0.2) is 11.5 Å². The van der Waals surface area contributed by atoms with Gasteiger partial charge in [-0.2, -0.15) is 0 Å². The van der Waals surface area contributed by atoms with Crippen molar-refractivity contribution in [2.75, 3.05) is 24.7 Å². The van der Waals surface area contributed by atoms with Crippen LogP contribution in [0.15, 0.2) is 70.7 Å². The molecule has 8 nitrogen and oxygen atoms in total. The van der Waals surface area contributed by atoms with Crippen molar-refractivity contribution in [2.45, 2.75) is 13.8 Å². The van der Waals surface area contributed by atoms with Crippen LogP contribution in [-0.4, -0.2) is 37.7 Å². The topological polar surface area (TPSA) is 94.2 Å². The van der Waals surface area contributed by atoms with E-state index >= 15 is 0 Å². The van der Waals surface area contributed by atoms with Crippen molar-refractivity contribution in [3.63, 3.8) is 0 Å². The third-order valence-electron chi connectivity index (χ3n) is 5.51. The number of rotatable bonds is 9. The normalized spacial score (nSPS) is 14.5. The maximum absolute atomic E-state index is 13.2. The smallest absolute Gasteiger partial charge is 0.335 e. The number of benzene rings is 3. The molecule has 1 N–H and O–H groups in total. The van der Waals surface area contributed by atoms with E-state index in [0.717, 1.165) is 16.2 Å². The number of ether oxygens (including phenoxy) is 3. The summed E-state index contributed by atoms with van der Waals surface area (Å²) in [6.07, 6.45) is 1.39. The molecule has 0 atom stereocenters. The Kier molecular flexibility index (Phi) is 8.70. The van der Waals surface area contributed by atoms with Crippen molar-refractivity contribution in [2.24, 2.45) is 0 Å². The van der Waals surface area contributed by atoms with Gasteiger partial charge in [-0.15, -0.1) is 0 Å². The fraction of sp³-hybridized carbons (Fsp3) is 0.179. The molecule has 0 unspecified atom stereocenters. The highest BCUT2D eigenvalue weighted by Crippen LogP contribution is 2.38. The van der Waals surface area contributed by atoms with Gasteiger partial charge in [0.25, 0.3) is 11.8 Å². The number of barbiturate groups is 1. The molecular weight excluding hydrogens is 576 g/mol. The van der Waals surface area contributed by atoms with E-state index in [-0.39, 0.29) is 17.9 Å². The summed E-state index contributed by atoms with van der Waals surface area (Å²) in [5.74, 6) is 0.0965. The van der Waals surface area contributed by atoms with Gasteiger partial charge in [0, 0.05) is 5.02 Å². The monoisotopic (exact) mass is 598 g/mol. The Morgan fingerprint density at radius 1 is 0.947 bits per heavy atom. The number of carbonyl (C=O) groups is 3. The Labute approximate surface area is 233 Å². The van der Waals surface area contributed by atoms with Crippen LogP contribution in [-0.2, 0) is 9.59 Å². The summed E-state index contributed by atoms with van der Waals surface area (Å²) in [4.78, 5) is 39.1. The number of carbonyl (C=O) groups excluding carboxylic acids is 3. The van der Waals surface area contributed by atoms with Gasteiger partial charge < -0.3 is 14.2 Å². The second-order valence-electron chi connectivity index (χ2n) is 8.16. The second-order valence-corrected chi connectivity index (χ2v) is 9.45. The minimum atomic E-state index is -0.840. The van der Waals surface area contributed by atoms with Gasteiger partial charge in [0.1, 0.15) is 24.5 Å². The van der Waals surface area contributed by atoms with E-state index in [4.69, 9.17) is 25.8 Å². The molecule has 0 saturated carbocycles. The number of anilines is 1. The van der Waals surface area contributed by atoms with Gasteiger partial charge in [0.05, 0.1) is 16.8 Å². The molecule has 1 saturated heterocycles. The lowest BCUT2D eigenvalue weighted by atomic mass is 10.1. The van der Waals surface area contributed by atoms with Crippen LogP contribution < -0.4 is 24.4 Å². The lowest BCUT2D eigenvalue weighted by Crippen LogP contribution is -2.54. The van der Waals surface area contributed by atoms with E-state index in [1.165, 1.54) is 18.2 Å². The molecule has 3 aromatic rings. The number of aryl methyl sites for hydroxylation is 1. The van der Waals surface area contributed by atoms with Crippen molar-refractivity contribution >= 4 is 57.1 Å². The molecule has 1 aliphatic rings. The predicted octanol–water partition coefficient (Wildman–Crippen LogP) is 5.93. The van der Waals surface area contributed by atoms with Crippen LogP contribution in [0.2, 0.25) is 5.02 Å². The largest absolute Gasteiger partial charge is 0.490 e. The van der Waals surface area contributed by atoms with Crippen LogP contribution in [0.1, 0.15) is 18.1 Å². The number of hydrogen-bond acceptors (Lipinski definition) is 6. The van der Waals surface area contributed by atoms with Gasteiger partial charge in [-0.3, -0.25) is 14.9 Å². The van der Waals surface area contributed by atoms with Gasteiger partial charge in [0.2, 0.25) is 0 Å².